The van der Waals surface area contributed by atoms with E-state index in [4.69, 9.17) is 4.74 Å². The number of rotatable bonds is 4. The minimum Gasteiger partial charge on any atom is -0.371 e. The number of nitrogens with zero attached hydrogens (tertiary/aromatic N) is 2. The molecule has 0 N–H and O–H groups in total. The van der Waals surface area contributed by atoms with Gasteiger partial charge in [-0.25, -0.2) is 0 Å². The van der Waals surface area contributed by atoms with Gasteiger partial charge in [-0.05, 0) is 31.4 Å². The SMILES string of the molecule is O=C(C1CCC1)N1CC2(CC(OCc3ccccn3)CS2)C1. The monoisotopic (exact) mass is 318 g/mol. The molecule has 3 heterocycles. The second-order valence-electron chi connectivity index (χ2n) is 6.77. The predicted molar refractivity (Wildman–Crippen MR) is 86.5 cm³/mol. The molecule has 2 saturated heterocycles. The van der Waals surface area contributed by atoms with E-state index in [1.807, 2.05) is 30.0 Å². The lowest BCUT2D eigenvalue weighted by atomic mass is 9.82. The van der Waals surface area contributed by atoms with Crippen molar-refractivity contribution < 1.29 is 9.53 Å². The van der Waals surface area contributed by atoms with Crippen molar-refractivity contribution in [2.45, 2.75) is 43.1 Å². The number of likely N-dealkylation sites (tertiary alicyclic amines) is 1. The van der Waals surface area contributed by atoms with Gasteiger partial charge >= 0.3 is 0 Å². The Balaban J connectivity index is 1.24. The molecule has 5 heteroatoms. The first-order chi connectivity index (χ1) is 10.7. The molecule has 1 spiro atoms. The summed E-state index contributed by atoms with van der Waals surface area (Å²) in [5.74, 6) is 1.77. The first-order valence-corrected chi connectivity index (χ1v) is 9.17. The zero-order valence-corrected chi connectivity index (χ0v) is 13.6. The molecule has 1 aromatic rings. The average molecular weight is 318 g/mol. The Morgan fingerprint density at radius 2 is 2.27 bits per heavy atom. The highest BCUT2D eigenvalue weighted by atomic mass is 32.2. The minimum absolute atomic E-state index is 0.272. The second kappa shape index (κ2) is 5.85. The van der Waals surface area contributed by atoms with E-state index in [1.165, 1.54) is 6.42 Å². The third-order valence-corrected chi connectivity index (χ3v) is 6.67. The summed E-state index contributed by atoms with van der Waals surface area (Å²) in [5.41, 5.74) is 0.990. The zero-order chi connectivity index (χ0) is 15.0. The third-order valence-electron chi connectivity index (χ3n) is 5.09. The van der Waals surface area contributed by atoms with Crippen LogP contribution in [0.1, 0.15) is 31.4 Å². The number of ether oxygens (including phenoxy) is 1. The molecule has 1 aromatic heterocycles. The molecule has 4 nitrogen and oxygen atoms in total. The van der Waals surface area contributed by atoms with Crippen LogP contribution in [0.15, 0.2) is 24.4 Å². The van der Waals surface area contributed by atoms with Gasteiger partial charge in [0.15, 0.2) is 0 Å². The largest absolute Gasteiger partial charge is 0.371 e. The minimum atomic E-state index is 0.272. The van der Waals surface area contributed by atoms with Crippen LogP contribution in [0.25, 0.3) is 0 Å². The third kappa shape index (κ3) is 2.76. The van der Waals surface area contributed by atoms with Gasteiger partial charge in [-0.1, -0.05) is 12.5 Å². The highest BCUT2D eigenvalue weighted by molar-refractivity contribution is 8.01. The molecule has 1 atom stereocenters. The summed E-state index contributed by atoms with van der Waals surface area (Å²) in [6.45, 7) is 2.44. The summed E-state index contributed by atoms with van der Waals surface area (Å²) >= 11 is 1.99. The molecule has 1 aliphatic carbocycles. The van der Waals surface area contributed by atoms with Gasteiger partial charge in [-0.2, -0.15) is 0 Å². The van der Waals surface area contributed by atoms with E-state index in [-0.39, 0.29) is 4.75 Å². The Hall–Kier alpha value is -1.07. The Morgan fingerprint density at radius 1 is 1.41 bits per heavy atom. The van der Waals surface area contributed by atoms with Crippen LogP contribution in [0, 0.1) is 5.92 Å². The fourth-order valence-corrected chi connectivity index (χ4v) is 5.09. The highest BCUT2D eigenvalue weighted by Gasteiger charge is 2.51. The fraction of sp³-hybridized carbons (Fsp3) is 0.647. The van der Waals surface area contributed by atoms with Gasteiger partial charge in [0.05, 0.1) is 23.2 Å². The Kier molecular flexibility index (Phi) is 3.86. The number of carbonyl (C=O) groups is 1. The lowest BCUT2D eigenvalue weighted by Crippen LogP contribution is -2.62. The Bertz CT molecular complexity index is 541. The van der Waals surface area contributed by atoms with Crippen molar-refractivity contribution in [3.05, 3.63) is 30.1 Å². The summed E-state index contributed by atoms with van der Waals surface area (Å²) < 4.78 is 6.28. The summed E-state index contributed by atoms with van der Waals surface area (Å²) in [6.07, 6.45) is 6.61. The Morgan fingerprint density at radius 3 is 2.95 bits per heavy atom. The molecule has 4 rings (SSSR count). The van der Waals surface area contributed by atoms with Crippen LogP contribution in [0.4, 0.5) is 0 Å². The molecule has 22 heavy (non-hydrogen) atoms. The lowest BCUT2D eigenvalue weighted by Gasteiger charge is -2.49. The van der Waals surface area contributed by atoms with Crippen LogP contribution in [-0.2, 0) is 16.1 Å². The molecule has 1 unspecified atom stereocenters. The quantitative estimate of drug-likeness (QED) is 0.855. The van der Waals surface area contributed by atoms with Crippen LogP contribution in [0.2, 0.25) is 0 Å². The number of hydrogen-bond acceptors (Lipinski definition) is 4. The molecule has 1 amide bonds. The number of thioether (sulfide) groups is 1. The molecular weight excluding hydrogens is 296 g/mol. The van der Waals surface area contributed by atoms with Crippen LogP contribution in [0.5, 0.6) is 0 Å². The molecule has 118 valence electrons. The average Bonchev–Trinajstić information content (AvgIpc) is 2.87. The Labute approximate surface area is 135 Å². The number of carbonyl (C=O) groups excluding carboxylic acids is 1. The van der Waals surface area contributed by atoms with Gasteiger partial charge in [-0.3, -0.25) is 9.78 Å². The van der Waals surface area contributed by atoms with Crippen molar-refractivity contribution in [2.75, 3.05) is 18.8 Å². The van der Waals surface area contributed by atoms with E-state index in [0.717, 1.165) is 43.8 Å². The number of amides is 1. The summed E-state index contributed by atoms with van der Waals surface area (Å²) in [7, 11) is 0. The maximum Gasteiger partial charge on any atom is 0.225 e. The van der Waals surface area contributed by atoms with Crippen molar-refractivity contribution in [2.24, 2.45) is 5.92 Å². The molecular formula is C17H22N2O2S. The van der Waals surface area contributed by atoms with Crippen LogP contribution in [0.3, 0.4) is 0 Å². The van der Waals surface area contributed by atoms with Gasteiger partial charge in [-0.15, -0.1) is 11.8 Å². The molecule has 3 aliphatic rings. The van der Waals surface area contributed by atoms with E-state index >= 15 is 0 Å². The number of hydrogen-bond donors (Lipinski definition) is 0. The maximum atomic E-state index is 12.2. The number of pyridine rings is 1. The fourth-order valence-electron chi connectivity index (χ4n) is 3.54. The zero-order valence-electron chi connectivity index (χ0n) is 12.7. The van der Waals surface area contributed by atoms with Gasteiger partial charge in [0, 0.05) is 31.0 Å². The van der Waals surface area contributed by atoms with Crippen molar-refractivity contribution in [1.82, 2.24) is 9.88 Å². The van der Waals surface area contributed by atoms with E-state index in [1.54, 1.807) is 6.20 Å². The predicted octanol–water partition coefficient (Wildman–Crippen LogP) is 2.48. The van der Waals surface area contributed by atoms with Gasteiger partial charge in [0.1, 0.15) is 0 Å². The molecule has 2 aliphatic heterocycles. The standard InChI is InChI=1S/C17H22N2O2S/c20-16(13-4-3-5-13)19-11-17(12-19)8-15(10-22-17)21-9-14-6-1-2-7-18-14/h1-2,6-7,13,15H,3-5,8-12H2. The van der Waals surface area contributed by atoms with Crippen molar-refractivity contribution >= 4 is 17.7 Å². The lowest BCUT2D eigenvalue weighted by molar-refractivity contribution is -0.144. The normalized spacial score (nSPS) is 26.7. The molecule has 0 radical (unpaired) electrons. The summed E-state index contributed by atoms with van der Waals surface area (Å²) in [6, 6.07) is 5.92. The van der Waals surface area contributed by atoms with Crippen molar-refractivity contribution in [3.8, 4) is 0 Å². The second-order valence-corrected chi connectivity index (χ2v) is 8.26. The molecule has 3 fully saturated rings. The molecule has 1 saturated carbocycles. The first-order valence-electron chi connectivity index (χ1n) is 8.18. The first kappa shape index (κ1) is 14.5. The van der Waals surface area contributed by atoms with Gasteiger partial charge in [0.25, 0.3) is 0 Å². The van der Waals surface area contributed by atoms with Gasteiger partial charge in [0.2, 0.25) is 5.91 Å². The van der Waals surface area contributed by atoms with Crippen molar-refractivity contribution in [1.29, 1.82) is 0 Å². The van der Waals surface area contributed by atoms with Crippen LogP contribution in [-0.4, -0.2) is 45.5 Å². The van der Waals surface area contributed by atoms with E-state index in [2.05, 4.69) is 9.88 Å². The molecule has 0 aromatic carbocycles. The molecule has 0 bridgehead atoms. The topological polar surface area (TPSA) is 42.4 Å². The number of aromatic nitrogens is 1. The van der Waals surface area contributed by atoms with Crippen molar-refractivity contribution in [3.63, 3.8) is 0 Å². The van der Waals surface area contributed by atoms with E-state index in [0.29, 0.717) is 24.5 Å². The maximum absolute atomic E-state index is 12.2. The van der Waals surface area contributed by atoms with E-state index in [9.17, 15) is 4.79 Å². The van der Waals surface area contributed by atoms with Crippen LogP contribution >= 0.6 is 11.8 Å². The summed E-state index contributed by atoms with van der Waals surface area (Å²) in [4.78, 5) is 18.6. The highest BCUT2D eigenvalue weighted by Crippen LogP contribution is 2.47. The smallest absolute Gasteiger partial charge is 0.225 e. The summed E-state index contributed by atoms with van der Waals surface area (Å²) in [5, 5.41) is 0. The van der Waals surface area contributed by atoms with E-state index < -0.39 is 0 Å². The van der Waals surface area contributed by atoms with Crippen LogP contribution < -0.4 is 0 Å². The van der Waals surface area contributed by atoms with Gasteiger partial charge < -0.3 is 9.64 Å².